The molecule has 0 spiro atoms. The molecular formula is C20H26N2O3. The van der Waals surface area contributed by atoms with Crippen LogP contribution in [0.4, 0.5) is 5.69 Å². The minimum atomic E-state index is -0.218. The minimum Gasteiger partial charge on any atom is -0.493 e. The lowest BCUT2D eigenvalue weighted by atomic mass is 10.0. The third-order valence-corrected chi connectivity index (χ3v) is 3.91. The Bertz CT molecular complexity index is 716. The van der Waals surface area contributed by atoms with Crippen LogP contribution in [0.25, 0.3) is 0 Å². The van der Waals surface area contributed by atoms with Gasteiger partial charge in [0.2, 0.25) is 0 Å². The minimum absolute atomic E-state index is 0.0852. The summed E-state index contributed by atoms with van der Waals surface area (Å²) in [5.74, 6) is 0.921. The molecule has 2 aromatic carbocycles. The van der Waals surface area contributed by atoms with Gasteiger partial charge in [-0.05, 0) is 55.2 Å². The number of nitrogens with two attached hydrogens (primary N) is 1. The zero-order chi connectivity index (χ0) is 18.2. The van der Waals surface area contributed by atoms with Gasteiger partial charge in [0.15, 0.2) is 18.1 Å². The lowest BCUT2D eigenvalue weighted by Crippen LogP contribution is -2.21. The third kappa shape index (κ3) is 5.80. The highest BCUT2D eigenvalue weighted by atomic mass is 16.5. The van der Waals surface area contributed by atoms with E-state index in [0.29, 0.717) is 11.5 Å². The van der Waals surface area contributed by atoms with E-state index in [1.54, 1.807) is 7.11 Å². The van der Waals surface area contributed by atoms with Crippen molar-refractivity contribution < 1.29 is 14.3 Å². The normalized spacial score (nSPS) is 11.7. The first-order valence-corrected chi connectivity index (χ1v) is 8.43. The van der Waals surface area contributed by atoms with Gasteiger partial charge in [0.05, 0.1) is 7.11 Å². The van der Waals surface area contributed by atoms with Crippen LogP contribution in [-0.2, 0) is 11.2 Å². The lowest BCUT2D eigenvalue weighted by molar-refractivity contribution is -0.118. The van der Waals surface area contributed by atoms with Gasteiger partial charge in [-0.25, -0.2) is 0 Å². The zero-order valence-corrected chi connectivity index (χ0v) is 15.0. The van der Waals surface area contributed by atoms with Crippen LogP contribution in [0, 0.1) is 6.92 Å². The van der Waals surface area contributed by atoms with Gasteiger partial charge < -0.3 is 20.5 Å². The Balaban J connectivity index is 1.96. The van der Waals surface area contributed by atoms with Gasteiger partial charge in [-0.2, -0.15) is 0 Å². The van der Waals surface area contributed by atoms with E-state index in [0.717, 1.165) is 29.7 Å². The number of methoxy groups -OCH3 is 1. The Morgan fingerprint density at radius 2 is 2.00 bits per heavy atom. The van der Waals surface area contributed by atoms with Crippen molar-refractivity contribution in [1.29, 1.82) is 0 Å². The number of ether oxygens (including phenoxy) is 2. The maximum Gasteiger partial charge on any atom is 0.262 e. The number of carbonyl (C=O) groups is 1. The molecule has 5 heteroatoms. The fourth-order valence-corrected chi connectivity index (χ4v) is 2.47. The third-order valence-electron chi connectivity index (χ3n) is 3.91. The van der Waals surface area contributed by atoms with E-state index in [2.05, 4.69) is 12.2 Å². The number of carbonyl (C=O) groups excluding carboxylic acids is 1. The van der Waals surface area contributed by atoms with E-state index >= 15 is 0 Å². The second-order valence-corrected chi connectivity index (χ2v) is 6.06. The Kier molecular flexibility index (Phi) is 6.83. The van der Waals surface area contributed by atoms with Crippen LogP contribution in [0.15, 0.2) is 42.5 Å². The molecule has 0 bridgehead atoms. The molecule has 3 N–H and O–H groups in total. The molecule has 134 valence electrons. The van der Waals surface area contributed by atoms with Crippen molar-refractivity contribution in [2.24, 2.45) is 5.73 Å². The Morgan fingerprint density at radius 1 is 1.20 bits per heavy atom. The Morgan fingerprint density at radius 3 is 2.68 bits per heavy atom. The number of aryl methyl sites for hydroxylation is 1. The van der Waals surface area contributed by atoms with Crippen LogP contribution in [-0.4, -0.2) is 25.7 Å². The molecule has 0 radical (unpaired) electrons. The summed E-state index contributed by atoms with van der Waals surface area (Å²) in [5.41, 5.74) is 8.92. The Labute approximate surface area is 149 Å². The van der Waals surface area contributed by atoms with Crippen LogP contribution < -0.4 is 20.5 Å². The van der Waals surface area contributed by atoms with Gasteiger partial charge in [0.25, 0.3) is 5.91 Å². The van der Waals surface area contributed by atoms with Crippen molar-refractivity contribution in [3.8, 4) is 11.5 Å². The lowest BCUT2D eigenvalue weighted by Gasteiger charge is -2.14. The molecule has 1 amide bonds. The molecule has 0 aliphatic rings. The molecule has 1 atom stereocenters. The van der Waals surface area contributed by atoms with E-state index in [-0.39, 0.29) is 18.6 Å². The monoisotopic (exact) mass is 342 g/mol. The van der Waals surface area contributed by atoms with Gasteiger partial charge in [-0.3, -0.25) is 4.79 Å². The van der Waals surface area contributed by atoms with Gasteiger partial charge >= 0.3 is 0 Å². The highest BCUT2D eigenvalue weighted by molar-refractivity contribution is 5.91. The van der Waals surface area contributed by atoms with E-state index in [4.69, 9.17) is 15.2 Å². The molecule has 1 unspecified atom stereocenters. The van der Waals surface area contributed by atoms with Crippen molar-refractivity contribution >= 4 is 11.6 Å². The molecule has 5 nitrogen and oxygen atoms in total. The van der Waals surface area contributed by atoms with Crippen molar-refractivity contribution in [2.75, 3.05) is 19.0 Å². The molecule has 0 aromatic heterocycles. The number of benzene rings is 2. The average Bonchev–Trinajstić information content (AvgIpc) is 2.60. The second kappa shape index (κ2) is 9.08. The summed E-state index contributed by atoms with van der Waals surface area (Å²) in [6.45, 7) is 3.95. The summed E-state index contributed by atoms with van der Waals surface area (Å²) in [4.78, 5) is 12.1. The number of anilines is 1. The molecule has 0 saturated heterocycles. The number of nitrogens with one attached hydrogen (secondary N) is 1. The van der Waals surface area contributed by atoms with E-state index in [9.17, 15) is 4.79 Å². The highest BCUT2D eigenvalue weighted by Crippen LogP contribution is 2.28. The van der Waals surface area contributed by atoms with Gasteiger partial charge in [-0.15, -0.1) is 0 Å². The summed E-state index contributed by atoms with van der Waals surface area (Å²) in [5, 5.41) is 2.81. The molecule has 25 heavy (non-hydrogen) atoms. The fourth-order valence-electron chi connectivity index (χ4n) is 2.47. The molecule has 0 aliphatic carbocycles. The fraction of sp³-hybridized carbons (Fsp3) is 0.350. The van der Waals surface area contributed by atoms with Crippen molar-refractivity contribution in [3.63, 3.8) is 0 Å². The van der Waals surface area contributed by atoms with Crippen molar-refractivity contribution in [2.45, 2.75) is 32.7 Å². The first-order chi connectivity index (χ1) is 12.0. The first kappa shape index (κ1) is 18.8. The maximum absolute atomic E-state index is 12.1. The van der Waals surface area contributed by atoms with Crippen LogP contribution >= 0.6 is 0 Å². The molecule has 0 aliphatic heterocycles. The first-order valence-electron chi connectivity index (χ1n) is 8.43. The predicted octanol–water partition coefficient (Wildman–Crippen LogP) is 3.30. The average molecular weight is 342 g/mol. The zero-order valence-electron chi connectivity index (χ0n) is 15.0. The molecule has 0 fully saturated rings. The summed E-state index contributed by atoms with van der Waals surface area (Å²) < 4.78 is 11.0. The predicted molar refractivity (Wildman–Crippen MR) is 100 cm³/mol. The second-order valence-electron chi connectivity index (χ2n) is 6.06. The van der Waals surface area contributed by atoms with Crippen LogP contribution in [0.2, 0.25) is 0 Å². The van der Waals surface area contributed by atoms with Crippen LogP contribution in [0.5, 0.6) is 11.5 Å². The standard InChI is InChI=1S/C20H26N2O3/c1-4-16(21)11-15-8-9-18(19(12-15)24-3)25-13-20(23)22-17-7-5-6-14(2)10-17/h5-10,12,16H,4,11,13,21H2,1-3H3,(H,22,23). The van der Waals surface area contributed by atoms with Crippen molar-refractivity contribution in [3.05, 3.63) is 53.6 Å². The SMILES string of the molecule is CCC(N)Cc1ccc(OCC(=O)Nc2cccc(C)c2)c(OC)c1. The summed E-state index contributed by atoms with van der Waals surface area (Å²) >= 11 is 0. The summed E-state index contributed by atoms with van der Waals surface area (Å²) in [6.07, 6.45) is 1.70. The molecule has 0 saturated carbocycles. The number of hydrogen-bond donors (Lipinski definition) is 2. The van der Waals surface area contributed by atoms with Gasteiger partial charge in [0.1, 0.15) is 0 Å². The van der Waals surface area contributed by atoms with Crippen LogP contribution in [0.1, 0.15) is 24.5 Å². The van der Waals surface area contributed by atoms with E-state index in [1.807, 2.05) is 49.4 Å². The molecule has 2 rings (SSSR count). The number of hydrogen-bond acceptors (Lipinski definition) is 4. The highest BCUT2D eigenvalue weighted by Gasteiger charge is 2.10. The van der Waals surface area contributed by atoms with Crippen molar-refractivity contribution in [1.82, 2.24) is 0 Å². The molecule has 0 heterocycles. The van der Waals surface area contributed by atoms with E-state index < -0.39 is 0 Å². The quantitative estimate of drug-likeness (QED) is 0.772. The molecule has 2 aromatic rings. The number of amides is 1. The largest absolute Gasteiger partial charge is 0.493 e. The topological polar surface area (TPSA) is 73.6 Å². The molecular weight excluding hydrogens is 316 g/mol. The summed E-state index contributed by atoms with van der Waals surface area (Å²) in [6, 6.07) is 13.4. The maximum atomic E-state index is 12.1. The van der Waals surface area contributed by atoms with Crippen LogP contribution in [0.3, 0.4) is 0 Å². The Hall–Kier alpha value is -2.53. The van der Waals surface area contributed by atoms with E-state index in [1.165, 1.54) is 0 Å². The van der Waals surface area contributed by atoms with Gasteiger partial charge in [0, 0.05) is 11.7 Å². The smallest absolute Gasteiger partial charge is 0.262 e. The summed E-state index contributed by atoms with van der Waals surface area (Å²) in [7, 11) is 1.58. The van der Waals surface area contributed by atoms with Gasteiger partial charge in [-0.1, -0.05) is 25.1 Å². The number of rotatable bonds is 8.